The molecule has 0 rings (SSSR count). The summed E-state index contributed by atoms with van der Waals surface area (Å²) in [6.07, 6.45) is -3.96. The van der Waals surface area contributed by atoms with Gasteiger partial charge in [0.25, 0.3) is 0 Å². The van der Waals surface area contributed by atoms with Crippen molar-refractivity contribution < 1.29 is 84.2 Å². The lowest BCUT2D eigenvalue weighted by atomic mass is 9.88. The average molecular weight is 674 g/mol. The zero-order valence-corrected chi connectivity index (χ0v) is 22.8. The van der Waals surface area contributed by atoms with Crippen LogP contribution in [0.3, 0.4) is 0 Å². The van der Waals surface area contributed by atoms with Crippen molar-refractivity contribution >= 4 is 5.97 Å². The Hall–Kier alpha value is -1.72. The van der Waals surface area contributed by atoms with Crippen LogP contribution in [0.2, 0.25) is 0 Å². The van der Waals surface area contributed by atoms with E-state index in [1.807, 2.05) is 0 Å². The third-order valence-corrected chi connectivity index (χ3v) is 6.55. The Kier molecular flexibility index (Phi) is 14.0. The van der Waals surface area contributed by atoms with Crippen LogP contribution >= 0.6 is 0 Å². The lowest BCUT2D eigenvalue weighted by molar-refractivity contribution is -0.463. The zero-order chi connectivity index (χ0) is 34.3. The summed E-state index contributed by atoms with van der Waals surface area (Å²) in [5, 5.41) is 0. The molecule has 0 aromatic heterocycles. The van der Waals surface area contributed by atoms with Crippen LogP contribution in [0, 0.1) is 0 Å². The normalized spacial score (nSPS) is 15.5. The van der Waals surface area contributed by atoms with Gasteiger partial charge in [0.1, 0.15) is 0 Å². The Morgan fingerprint density at radius 2 is 0.791 bits per heavy atom. The molecule has 258 valence electrons. The van der Waals surface area contributed by atoms with Gasteiger partial charge in [0.2, 0.25) is 0 Å². The highest BCUT2D eigenvalue weighted by Crippen LogP contribution is 2.64. The van der Waals surface area contributed by atoms with Gasteiger partial charge < -0.3 is 4.74 Å². The van der Waals surface area contributed by atoms with E-state index in [-0.39, 0.29) is 19.8 Å². The van der Waals surface area contributed by atoms with Crippen LogP contribution in [0.15, 0.2) is 0 Å². The Labute approximate surface area is 235 Å². The van der Waals surface area contributed by atoms with Crippen molar-refractivity contribution in [3.8, 4) is 0 Å². The molecule has 0 aliphatic carbocycles. The molecule has 0 aromatic rings. The molecule has 0 bridgehead atoms. The van der Waals surface area contributed by atoms with Crippen LogP contribution in [0.4, 0.5) is 74.6 Å². The number of hydrogen-bond acceptors (Lipinski definition) is 2. The Morgan fingerprint density at radius 1 is 0.488 bits per heavy atom. The molecular weight excluding hydrogens is 643 g/mol. The number of halogens is 17. The minimum absolute atomic E-state index is 0.104. The summed E-state index contributed by atoms with van der Waals surface area (Å²) in [5.41, 5.74) is 0. The second kappa shape index (κ2) is 14.6. The highest BCUT2D eigenvalue weighted by molar-refractivity contribution is 5.69. The van der Waals surface area contributed by atoms with Gasteiger partial charge in [-0.25, -0.2) is 0 Å². The molecule has 0 aliphatic heterocycles. The van der Waals surface area contributed by atoms with Crippen LogP contribution in [-0.4, -0.2) is 59.7 Å². The number of unbranched alkanes of at least 4 members (excludes halogenated alkanes) is 10. The summed E-state index contributed by atoms with van der Waals surface area (Å²) in [5.74, 6) is -59.0. The number of hydrogen-bond donors (Lipinski definition) is 0. The number of esters is 1. The maximum Gasteiger partial charge on any atom is 0.460 e. The molecule has 1 atom stereocenters. The molecule has 0 saturated heterocycles. The summed E-state index contributed by atoms with van der Waals surface area (Å²) in [7, 11) is 0. The van der Waals surface area contributed by atoms with Gasteiger partial charge in [-0.1, -0.05) is 71.1 Å². The molecule has 0 aliphatic rings. The molecule has 0 N–H and O–H groups in total. The first-order valence-corrected chi connectivity index (χ1v) is 13.0. The van der Waals surface area contributed by atoms with Crippen LogP contribution < -0.4 is 0 Å². The first-order valence-electron chi connectivity index (χ1n) is 13.0. The molecule has 2 nitrogen and oxygen atoms in total. The molecule has 1 unspecified atom stereocenters. The SMILES string of the molecule is CCCCCCCCCCCCCC(=O)OC(C)C(F)(F)C(F)(F)C(F)(F)C(F)(F)C(F)(F)C(F)(F)C(F)(F)C(F)(F)F. The highest BCUT2D eigenvalue weighted by atomic mass is 19.4. The van der Waals surface area contributed by atoms with Crippen molar-refractivity contribution in [3.63, 3.8) is 0 Å². The van der Waals surface area contributed by atoms with Gasteiger partial charge in [-0.3, -0.25) is 4.79 Å². The lowest BCUT2D eigenvalue weighted by Crippen LogP contribution is -2.75. The van der Waals surface area contributed by atoms with Crippen molar-refractivity contribution in [3.05, 3.63) is 0 Å². The predicted molar refractivity (Wildman–Crippen MR) is 117 cm³/mol. The van der Waals surface area contributed by atoms with Gasteiger partial charge in [-0.15, -0.1) is 0 Å². The summed E-state index contributed by atoms with van der Waals surface area (Å²) >= 11 is 0. The molecular formula is C24H31F17O2. The van der Waals surface area contributed by atoms with Crippen LogP contribution in [0.1, 0.15) is 90.9 Å². The maximum atomic E-state index is 14.1. The van der Waals surface area contributed by atoms with Crippen LogP contribution in [0.5, 0.6) is 0 Å². The van der Waals surface area contributed by atoms with E-state index in [0.29, 0.717) is 12.8 Å². The zero-order valence-electron chi connectivity index (χ0n) is 22.8. The average Bonchev–Trinajstić information content (AvgIpc) is 2.85. The van der Waals surface area contributed by atoms with Crippen molar-refractivity contribution in [1.29, 1.82) is 0 Å². The minimum atomic E-state index is -8.70. The van der Waals surface area contributed by atoms with E-state index in [0.717, 1.165) is 44.9 Å². The highest BCUT2D eigenvalue weighted by Gasteiger charge is 2.95. The second-order valence-corrected chi connectivity index (χ2v) is 9.98. The molecule has 0 spiro atoms. The van der Waals surface area contributed by atoms with Crippen LogP contribution in [0.25, 0.3) is 0 Å². The monoisotopic (exact) mass is 674 g/mol. The number of carbonyl (C=O) groups is 1. The second-order valence-electron chi connectivity index (χ2n) is 9.98. The molecule has 0 aromatic carbocycles. The van der Waals surface area contributed by atoms with Gasteiger partial charge >= 0.3 is 53.6 Å². The smallest absolute Gasteiger partial charge is 0.456 e. The molecule has 0 saturated carbocycles. The number of carbonyl (C=O) groups excluding carboxylic acids is 1. The quantitative estimate of drug-likeness (QED) is 0.0730. The Balaban J connectivity index is 5.47. The molecule has 0 amide bonds. The van der Waals surface area contributed by atoms with Gasteiger partial charge in [-0.05, 0) is 13.3 Å². The Bertz CT molecular complexity index is 868. The number of rotatable bonds is 20. The minimum Gasteiger partial charge on any atom is -0.456 e. The number of alkyl halides is 17. The van der Waals surface area contributed by atoms with Crippen LogP contribution in [-0.2, 0) is 9.53 Å². The van der Waals surface area contributed by atoms with Crippen molar-refractivity contribution in [2.75, 3.05) is 0 Å². The van der Waals surface area contributed by atoms with Crippen molar-refractivity contribution in [1.82, 2.24) is 0 Å². The van der Waals surface area contributed by atoms with Gasteiger partial charge in [0.05, 0.1) is 0 Å². The van der Waals surface area contributed by atoms with Gasteiger partial charge in [-0.2, -0.15) is 74.6 Å². The summed E-state index contributed by atoms with van der Waals surface area (Å²) in [6, 6.07) is 0. The van der Waals surface area contributed by atoms with E-state index in [1.54, 1.807) is 0 Å². The fourth-order valence-corrected chi connectivity index (χ4v) is 3.69. The molecule has 0 heterocycles. The molecule has 0 radical (unpaired) electrons. The van der Waals surface area contributed by atoms with Crippen molar-refractivity contribution in [2.45, 2.75) is 145 Å². The van der Waals surface area contributed by atoms with Gasteiger partial charge in [0, 0.05) is 6.42 Å². The summed E-state index contributed by atoms with van der Waals surface area (Å²) in [4.78, 5) is 11.7. The summed E-state index contributed by atoms with van der Waals surface area (Å²) < 4.78 is 231. The third kappa shape index (κ3) is 8.31. The summed E-state index contributed by atoms with van der Waals surface area (Å²) in [6.45, 7) is 1.76. The van der Waals surface area contributed by atoms with Crippen molar-refractivity contribution in [2.24, 2.45) is 0 Å². The Morgan fingerprint density at radius 3 is 1.14 bits per heavy atom. The van der Waals surface area contributed by atoms with E-state index >= 15 is 0 Å². The maximum absolute atomic E-state index is 14.1. The number of ether oxygens (including phenoxy) is 1. The first-order chi connectivity index (χ1) is 19.1. The molecule has 19 heteroatoms. The fourth-order valence-electron chi connectivity index (χ4n) is 3.69. The molecule has 0 fully saturated rings. The predicted octanol–water partition coefficient (Wildman–Crippen LogP) is 10.6. The van der Waals surface area contributed by atoms with E-state index < -0.39 is 66.1 Å². The standard InChI is InChI=1S/C24H31F17O2/c1-3-4-5-6-7-8-9-10-11-12-13-14-16(42)43-15(2)17(25,26)18(27,28)19(29,30)20(31,32)21(33,34)22(35,36)23(37,38)24(39,40)41/h15H,3-14H2,1-2H3. The topological polar surface area (TPSA) is 26.3 Å². The van der Waals surface area contributed by atoms with E-state index in [9.17, 15) is 79.4 Å². The van der Waals surface area contributed by atoms with E-state index in [4.69, 9.17) is 0 Å². The lowest BCUT2D eigenvalue weighted by Gasteiger charge is -2.43. The first kappa shape index (κ1) is 41.3. The fraction of sp³-hybridized carbons (Fsp3) is 0.958. The largest absolute Gasteiger partial charge is 0.460 e. The molecule has 43 heavy (non-hydrogen) atoms. The van der Waals surface area contributed by atoms with E-state index in [2.05, 4.69) is 11.7 Å². The van der Waals surface area contributed by atoms with E-state index in [1.165, 1.54) is 0 Å². The third-order valence-electron chi connectivity index (χ3n) is 6.55. The van der Waals surface area contributed by atoms with Gasteiger partial charge in [0.15, 0.2) is 6.10 Å².